The van der Waals surface area contributed by atoms with Gasteiger partial charge in [-0.1, -0.05) is 0 Å². The zero-order chi connectivity index (χ0) is 13.1. The van der Waals surface area contributed by atoms with Gasteiger partial charge in [0.15, 0.2) is 5.82 Å². The molecule has 0 atom stereocenters. The first kappa shape index (κ1) is 11.3. The Balaban J connectivity index is 1.93. The topological polar surface area (TPSA) is 64.7 Å². The lowest BCUT2D eigenvalue weighted by molar-refractivity contribution is 1.18. The summed E-state index contributed by atoms with van der Waals surface area (Å²) in [5.74, 6) is 0.692. The van der Waals surface area contributed by atoms with E-state index >= 15 is 0 Å². The number of benzene rings is 1. The molecule has 1 aromatic carbocycles. The van der Waals surface area contributed by atoms with Crippen molar-refractivity contribution in [1.29, 1.82) is 0 Å². The molecule has 0 fully saturated rings. The number of nitrogens with two attached hydrogens (primary N) is 1. The maximum Gasteiger partial charge on any atom is 0.159 e. The van der Waals surface area contributed by atoms with Crippen LogP contribution in [0.3, 0.4) is 0 Å². The van der Waals surface area contributed by atoms with Gasteiger partial charge in [0, 0.05) is 41.6 Å². The molecule has 0 aliphatic rings. The number of hydrogen-bond acceptors (Lipinski definition) is 4. The fraction of sp³-hybridized carbons (Fsp3) is 0. The summed E-state index contributed by atoms with van der Waals surface area (Å²) in [5.41, 5.74) is 9.37. The number of hydrogen-bond donors (Lipinski definition) is 1. The molecule has 0 spiro atoms. The van der Waals surface area contributed by atoms with Crippen molar-refractivity contribution in [1.82, 2.24) is 15.0 Å². The molecule has 0 unspecified atom stereocenters. The van der Waals surface area contributed by atoms with E-state index < -0.39 is 0 Å². The van der Waals surface area contributed by atoms with Gasteiger partial charge >= 0.3 is 0 Å². The van der Waals surface area contributed by atoms with Crippen molar-refractivity contribution < 1.29 is 0 Å². The van der Waals surface area contributed by atoms with Crippen LogP contribution in [0.2, 0.25) is 0 Å². The molecule has 0 aliphatic carbocycles. The Labute approximate surface area is 111 Å². The molecule has 2 heterocycles. The van der Waals surface area contributed by atoms with Gasteiger partial charge in [-0.05, 0) is 42.0 Å². The summed E-state index contributed by atoms with van der Waals surface area (Å²) in [5, 5.41) is 0. The lowest BCUT2D eigenvalue weighted by Gasteiger charge is -2.03. The highest BCUT2D eigenvalue weighted by molar-refractivity contribution is 5.63. The van der Waals surface area contributed by atoms with Crippen LogP contribution in [-0.4, -0.2) is 15.0 Å². The molecule has 0 saturated carbocycles. The second-order valence-electron chi connectivity index (χ2n) is 4.15. The maximum absolute atomic E-state index is 5.66. The van der Waals surface area contributed by atoms with Crippen LogP contribution in [0.5, 0.6) is 0 Å². The van der Waals surface area contributed by atoms with Crippen LogP contribution >= 0.6 is 0 Å². The first-order valence-corrected chi connectivity index (χ1v) is 5.91. The summed E-state index contributed by atoms with van der Waals surface area (Å²) in [4.78, 5) is 12.8. The first-order chi connectivity index (χ1) is 9.33. The van der Waals surface area contributed by atoms with Crippen molar-refractivity contribution in [3.05, 3.63) is 61.2 Å². The first-order valence-electron chi connectivity index (χ1n) is 5.91. The third-order valence-corrected chi connectivity index (χ3v) is 2.83. The van der Waals surface area contributed by atoms with E-state index in [9.17, 15) is 0 Å². The summed E-state index contributed by atoms with van der Waals surface area (Å²) in [6.45, 7) is 0. The molecule has 3 aromatic rings. The highest BCUT2D eigenvalue weighted by Gasteiger charge is 2.02. The van der Waals surface area contributed by atoms with E-state index in [2.05, 4.69) is 15.0 Å². The van der Waals surface area contributed by atoms with Gasteiger partial charge in [0.05, 0.1) is 0 Å². The standard InChI is InChI=1S/C15H12N4/c16-14-3-1-12(2-4-14)15-18-9-13(10-19-15)11-5-7-17-8-6-11/h1-10H,16H2. The molecular weight excluding hydrogens is 236 g/mol. The number of aromatic nitrogens is 3. The van der Waals surface area contributed by atoms with E-state index in [4.69, 9.17) is 5.73 Å². The van der Waals surface area contributed by atoms with Crippen molar-refractivity contribution in [3.8, 4) is 22.5 Å². The molecule has 19 heavy (non-hydrogen) atoms. The molecule has 2 aromatic heterocycles. The molecular formula is C15H12N4. The minimum atomic E-state index is 0.692. The average Bonchev–Trinajstić information content (AvgIpc) is 2.49. The molecule has 0 amide bonds. The smallest absolute Gasteiger partial charge is 0.159 e. The third kappa shape index (κ3) is 2.42. The van der Waals surface area contributed by atoms with E-state index in [1.54, 1.807) is 12.4 Å². The highest BCUT2D eigenvalue weighted by atomic mass is 14.9. The van der Waals surface area contributed by atoms with Crippen molar-refractivity contribution in [3.63, 3.8) is 0 Å². The predicted octanol–water partition coefficient (Wildman–Crippen LogP) is 2.79. The Hall–Kier alpha value is -2.75. The van der Waals surface area contributed by atoms with E-state index in [0.717, 1.165) is 22.4 Å². The van der Waals surface area contributed by atoms with Gasteiger partial charge in [0.1, 0.15) is 0 Å². The molecule has 2 N–H and O–H groups in total. The van der Waals surface area contributed by atoms with Gasteiger partial charge in [-0.2, -0.15) is 0 Å². The van der Waals surface area contributed by atoms with Gasteiger partial charge in [-0.15, -0.1) is 0 Å². The predicted molar refractivity (Wildman–Crippen MR) is 75.1 cm³/mol. The molecule has 0 aliphatic heterocycles. The number of rotatable bonds is 2. The Bertz CT molecular complexity index is 661. The Morgan fingerprint density at radius 3 is 1.95 bits per heavy atom. The van der Waals surface area contributed by atoms with Gasteiger partial charge in [0.2, 0.25) is 0 Å². The van der Waals surface area contributed by atoms with Crippen molar-refractivity contribution in [2.75, 3.05) is 5.73 Å². The van der Waals surface area contributed by atoms with Crippen molar-refractivity contribution in [2.24, 2.45) is 0 Å². The average molecular weight is 248 g/mol. The number of pyridine rings is 1. The van der Waals surface area contributed by atoms with E-state index in [0.29, 0.717) is 5.82 Å². The summed E-state index contributed by atoms with van der Waals surface area (Å²) >= 11 is 0. The second-order valence-corrected chi connectivity index (χ2v) is 4.15. The SMILES string of the molecule is Nc1ccc(-c2ncc(-c3ccncc3)cn2)cc1. The van der Waals surface area contributed by atoms with Crippen molar-refractivity contribution >= 4 is 5.69 Å². The van der Waals surface area contributed by atoms with Gasteiger partial charge in [-0.25, -0.2) is 9.97 Å². The zero-order valence-corrected chi connectivity index (χ0v) is 10.2. The zero-order valence-electron chi connectivity index (χ0n) is 10.2. The molecule has 0 radical (unpaired) electrons. The Morgan fingerprint density at radius 1 is 0.684 bits per heavy atom. The second kappa shape index (κ2) is 4.86. The summed E-state index contributed by atoms with van der Waals surface area (Å²) in [6.07, 6.45) is 7.13. The highest BCUT2D eigenvalue weighted by Crippen LogP contribution is 2.20. The lowest BCUT2D eigenvalue weighted by atomic mass is 10.1. The Kier molecular flexibility index (Phi) is 2.90. The van der Waals surface area contributed by atoms with E-state index in [-0.39, 0.29) is 0 Å². The van der Waals surface area contributed by atoms with Crippen LogP contribution in [0.15, 0.2) is 61.2 Å². The van der Waals surface area contributed by atoms with Crippen LogP contribution in [0.4, 0.5) is 5.69 Å². The molecule has 0 bridgehead atoms. The summed E-state index contributed by atoms with van der Waals surface area (Å²) < 4.78 is 0. The van der Waals surface area contributed by atoms with Gasteiger partial charge in [-0.3, -0.25) is 4.98 Å². The molecule has 4 nitrogen and oxygen atoms in total. The Morgan fingerprint density at radius 2 is 1.32 bits per heavy atom. The van der Waals surface area contributed by atoms with Crippen molar-refractivity contribution in [2.45, 2.75) is 0 Å². The number of nitrogen functional groups attached to an aromatic ring is 1. The maximum atomic E-state index is 5.66. The minimum Gasteiger partial charge on any atom is -0.399 e. The van der Waals surface area contributed by atoms with Crippen LogP contribution in [0, 0.1) is 0 Å². The summed E-state index contributed by atoms with van der Waals surface area (Å²) in [6, 6.07) is 11.4. The largest absolute Gasteiger partial charge is 0.399 e. The van der Waals surface area contributed by atoms with Crippen LogP contribution in [0.1, 0.15) is 0 Å². The number of anilines is 1. The third-order valence-electron chi connectivity index (χ3n) is 2.83. The fourth-order valence-electron chi connectivity index (χ4n) is 1.80. The lowest BCUT2D eigenvalue weighted by Crippen LogP contribution is -1.90. The van der Waals surface area contributed by atoms with Crippen LogP contribution in [-0.2, 0) is 0 Å². The van der Waals surface area contributed by atoms with Gasteiger partial charge < -0.3 is 5.73 Å². The molecule has 92 valence electrons. The summed E-state index contributed by atoms with van der Waals surface area (Å²) in [7, 11) is 0. The normalized spacial score (nSPS) is 10.3. The molecule has 3 rings (SSSR count). The quantitative estimate of drug-likeness (QED) is 0.708. The van der Waals surface area contributed by atoms with Crippen LogP contribution in [0.25, 0.3) is 22.5 Å². The van der Waals surface area contributed by atoms with E-state index in [1.165, 1.54) is 0 Å². The molecule has 4 heteroatoms. The van der Waals surface area contributed by atoms with Gasteiger partial charge in [0.25, 0.3) is 0 Å². The van der Waals surface area contributed by atoms with E-state index in [1.807, 2.05) is 48.8 Å². The van der Waals surface area contributed by atoms with Crippen LogP contribution < -0.4 is 5.73 Å². The molecule has 0 saturated heterocycles. The minimum absolute atomic E-state index is 0.692. The number of nitrogens with zero attached hydrogens (tertiary/aromatic N) is 3. The fourth-order valence-corrected chi connectivity index (χ4v) is 1.80. The monoisotopic (exact) mass is 248 g/mol.